The predicted octanol–water partition coefficient (Wildman–Crippen LogP) is 4.68. The minimum atomic E-state index is -0.235. The van der Waals surface area contributed by atoms with Crippen LogP contribution in [0.5, 0.6) is 0 Å². The van der Waals surface area contributed by atoms with Crippen molar-refractivity contribution < 1.29 is 4.39 Å². The highest BCUT2D eigenvalue weighted by molar-refractivity contribution is 7.81. The van der Waals surface area contributed by atoms with Crippen molar-refractivity contribution in [3.8, 4) is 0 Å². The normalized spacial score (nSPS) is 13.0. The summed E-state index contributed by atoms with van der Waals surface area (Å²) in [4.78, 5) is 0. The predicted molar refractivity (Wildman–Crippen MR) is 81.8 cm³/mol. The Labute approximate surface area is 116 Å². The molecule has 0 aliphatic carbocycles. The lowest BCUT2D eigenvalue weighted by Crippen LogP contribution is -2.07. The first-order valence-corrected chi connectivity index (χ1v) is 6.74. The van der Waals surface area contributed by atoms with Gasteiger partial charge in [0, 0.05) is 16.4 Å². The number of thiol groups is 1. The maximum Gasteiger partial charge on any atom is 0.128 e. The molecule has 0 aromatic heterocycles. The summed E-state index contributed by atoms with van der Waals surface area (Å²) in [5.41, 5.74) is 7.20. The molecular weight excluding hydrogens is 245 g/mol. The van der Waals surface area contributed by atoms with E-state index in [1.54, 1.807) is 19.1 Å². The van der Waals surface area contributed by atoms with Gasteiger partial charge >= 0.3 is 0 Å². The van der Waals surface area contributed by atoms with Crippen molar-refractivity contribution in [3.05, 3.63) is 35.1 Å². The van der Waals surface area contributed by atoms with Crippen molar-refractivity contribution in [1.82, 2.24) is 0 Å². The van der Waals surface area contributed by atoms with Gasteiger partial charge < -0.3 is 5.73 Å². The Morgan fingerprint density at radius 3 is 1.89 bits per heavy atom. The SMILES string of the molecule is CC(C)(C)S.CC(C)c1ccc(C(C)N)c(F)c1. The lowest BCUT2D eigenvalue weighted by molar-refractivity contribution is 0.590. The van der Waals surface area contributed by atoms with Crippen molar-refractivity contribution in [2.45, 2.75) is 58.2 Å². The van der Waals surface area contributed by atoms with E-state index in [0.717, 1.165) is 5.56 Å². The van der Waals surface area contributed by atoms with Crippen LogP contribution in [0.1, 0.15) is 64.6 Å². The highest BCUT2D eigenvalue weighted by Crippen LogP contribution is 2.20. The first-order chi connectivity index (χ1) is 8.02. The molecule has 1 unspecified atom stereocenters. The standard InChI is InChI=1S/C11H16FN.C4H10S/c1-7(2)9-4-5-10(8(3)13)11(12)6-9;1-4(2,3)5/h4-8H,13H2,1-3H3;5H,1-3H3. The summed E-state index contributed by atoms with van der Waals surface area (Å²) in [7, 11) is 0. The molecule has 0 aliphatic rings. The Hall–Kier alpha value is -0.540. The maximum absolute atomic E-state index is 13.4. The van der Waals surface area contributed by atoms with E-state index in [1.165, 1.54) is 0 Å². The molecule has 0 bridgehead atoms. The molecule has 1 aromatic carbocycles. The molecule has 0 fully saturated rings. The van der Waals surface area contributed by atoms with E-state index in [2.05, 4.69) is 33.4 Å². The van der Waals surface area contributed by atoms with E-state index in [4.69, 9.17) is 5.73 Å². The zero-order valence-electron chi connectivity index (χ0n) is 12.3. The molecule has 1 aromatic rings. The molecule has 0 heterocycles. The van der Waals surface area contributed by atoms with Crippen molar-refractivity contribution in [3.63, 3.8) is 0 Å². The van der Waals surface area contributed by atoms with Gasteiger partial charge in [-0.25, -0.2) is 4.39 Å². The number of nitrogens with two attached hydrogens (primary N) is 1. The molecule has 0 saturated carbocycles. The van der Waals surface area contributed by atoms with Crippen LogP contribution in [0.3, 0.4) is 0 Å². The smallest absolute Gasteiger partial charge is 0.128 e. The first kappa shape index (κ1) is 17.5. The second-order valence-electron chi connectivity index (χ2n) is 5.90. The molecular formula is C15H26FNS. The fraction of sp³-hybridized carbons (Fsp3) is 0.600. The third kappa shape index (κ3) is 7.72. The van der Waals surface area contributed by atoms with Crippen LogP contribution < -0.4 is 5.73 Å². The largest absolute Gasteiger partial charge is 0.324 e. The molecule has 1 atom stereocenters. The average Bonchev–Trinajstić information content (AvgIpc) is 2.13. The van der Waals surface area contributed by atoms with E-state index in [-0.39, 0.29) is 16.6 Å². The van der Waals surface area contributed by atoms with E-state index in [9.17, 15) is 4.39 Å². The van der Waals surface area contributed by atoms with Gasteiger partial charge in [0.05, 0.1) is 0 Å². The minimum absolute atomic E-state index is 0.193. The quantitative estimate of drug-likeness (QED) is 0.750. The number of benzene rings is 1. The Morgan fingerprint density at radius 1 is 1.17 bits per heavy atom. The number of rotatable bonds is 2. The average molecular weight is 271 g/mol. The third-order valence-corrected chi connectivity index (χ3v) is 2.18. The first-order valence-electron chi connectivity index (χ1n) is 6.29. The van der Waals surface area contributed by atoms with Crippen LogP contribution in [0.15, 0.2) is 18.2 Å². The minimum Gasteiger partial charge on any atom is -0.324 e. The fourth-order valence-corrected chi connectivity index (χ4v) is 1.27. The van der Waals surface area contributed by atoms with Crippen molar-refractivity contribution in [2.75, 3.05) is 0 Å². The van der Waals surface area contributed by atoms with Crippen molar-refractivity contribution >= 4 is 12.6 Å². The molecule has 0 radical (unpaired) electrons. The second-order valence-corrected chi connectivity index (χ2v) is 7.24. The van der Waals surface area contributed by atoms with Crippen molar-refractivity contribution in [1.29, 1.82) is 0 Å². The van der Waals surface area contributed by atoms with E-state index >= 15 is 0 Å². The van der Waals surface area contributed by atoms with Gasteiger partial charge in [0.2, 0.25) is 0 Å². The summed E-state index contributed by atoms with van der Waals surface area (Å²) >= 11 is 4.12. The summed E-state index contributed by atoms with van der Waals surface area (Å²) in [5.74, 6) is 0.165. The van der Waals surface area contributed by atoms with Crippen LogP contribution in [0.2, 0.25) is 0 Å². The lowest BCUT2D eigenvalue weighted by Gasteiger charge is -2.10. The van der Waals surface area contributed by atoms with Gasteiger partial charge in [0.1, 0.15) is 5.82 Å². The second kappa shape index (κ2) is 7.15. The molecule has 18 heavy (non-hydrogen) atoms. The van der Waals surface area contributed by atoms with Crippen LogP contribution >= 0.6 is 12.6 Å². The topological polar surface area (TPSA) is 26.0 Å². The van der Waals surface area contributed by atoms with Crippen molar-refractivity contribution in [2.24, 2.45) is 5.73 Å². The highest BCUT2D eigenvalue weighted by Gasteiger charge is 2.08. The maximum atomic E-state index is 13.4. The number of hydrogen-bond donors (Lipinski definition) is 2. The molecule has 2 N–H and O–H groups in total. The van der Waals surface area contributed by atoms with E-state index < -0.39 is 0 Å². The van der Waals surface area contributed by atoms with Crippen LogP contribution in [0.4, 0.5) is 4.39 Å². The van der Waals surface area contributed by atoms with E-state index in [1.807, 2.05) is 19.9 Å². The van der Waals surface area contributed by atoms with Crippen LogP contribution in [-0.2, 0) is 0 Å². The molecule has 0 spiro atoms. The van der Waals surface area contributed by atoms with Gasteiger partial charge in [-0.15, -0.1) is 0 Å². The summed E-state index contributed by atoms with van der Waals surface area (Å²) in [6.45, 7) is 12.0. The summed E-state index contributed by atoms with van der Waals surface area (Å²) in [5, 5.41) is 0. The third-order valence-electron chi connectivity index (χ3n) is 2.18. The van der Waals surface area contributed by atoms with E-state index in [0.29, 0.717) is 11.5 Å². The Morgan fingerprint density at radius 2 is 1.61 bits per heavy atom. The molecule has 1 nitrogen and oxygen atoms in total. The summed E-state index contributed by atoms with van der Waals surface area (Å²) in [6.07, 6.45) is 0. The Balaban J connectivity index is 0.000000494. The molecule has 0 amide bonds. The van der Waals surface area contributed by atoms with Gasteiger partial charge in [-0.05, 0) is 24.5 Å². The molecule has 0 aliphatic heterocycles. The van der Waals surface area contributed by atoms with Crippen LogP contribution in [-0.4, -0.2) is 4.75 Å². The summed E-state index contributed by atoms with van der Waals surface area (Å²) in [6, 6.07) is 5.05. The lowest BCUT2D eigenvalue weighted by atomic mass is 9.99. The molecule has 0 saturated heterocycles. The van der Waals surface area contributed by atoms with Gasteiger partial charge in [-0.3, -0.25) is 0 Å². The molecule has 1 rings (SSSR count). The Bertz CT molecular complexity index is 361. The van der Waals surface area contributed by atoms with Gasteiger partial charge in [0.25, 0.3) is 0 Å². The van der Waals surface area contributed by atoms with Crippen LogP contribution in [0.25, 0.3) is 0 Å². The van der Waals surface area contributed by atoms with Crippen LogP contribution in [0, 0.1) is 5.82 Å². The zero-order chi connectivity index (χ0) is 14.5. The molecule has 3 heteroatoms. The fourth-order valence-electron chi connectivity index (χ4n) is 1.27. The Kier molecular flexibility index (Phi) is 6.93. The number of hydrogen-bond acceptors (Lipinski definition) is 2. The van der Waals surface area contributed by atoms with Gasteiger partial charge in [-0.2, -0.15) is 12.6 Å². The zero-order valence-corrected chi connectivity index (χ0v) is 13.2. The molecule has 104 valence electrons. The summed E-state index contributed by atoms with van der Waals surface area (Å²) < 4.78 is 13.6. The number of halogens is 1. The van der Waals surface area contributed by atoms with Gasteiger partial charge in [-0.1, -0.05) is 46.8 Å². The highest BCUT2D eigenvalue weighted by atomic mass is 32.1. The monoisotopic (exact) mass is 271 g/mol. The van der Waals surface area contributed by atoms with Gasteiger partial charge in [0.15, 0.2) is 0 Å².